The number of nitrogens with zero attached hydrogens (tertiary/aromatic N) is 1. The first-order valence-electron chi connectivity index (χ1n) is 7.14. The molecule has 2 aromatic carbocycles. The van der Waals surface area contributed by atoms with Gasteiger partial charge in [-0.3, -0.25) is 4.79 Å². The van der Waals surface area contributed by atoms with Crippen LogP contribution < -0.4 is 4.74 Å². The third-order valence-electron chi connectivity index (χ3n) is 3.30. The third-order valence-corrected chi connectivity index (χ3v) is 3.30. The second-order valence-corrected chi connectivity index (χ2v) is 5.16. The highest BCUT2D eigenvalue weighted by molar-refractivity contribution is 5.93. The molecule has 2 aromatic rings. The van der Waals surface area contributed by atoms with Gasteiger partial charge in [0.15, 0.2) is 0 Å². The Hall–Kier alpha value is -2.82. The summed E-state index contributed by atoms with van der Waals surface area (Å²) >= 11 is 0. The lowest BCUT2D eigenvalue weighted by Gasteiger charge is -2.21. The van der Waals surface area contributed by atoms with Crippen LogP contribution in [0.3, 0.4) is 0 Å². The number of rotatable bonds is 5. The monoisotopic (exact) mass is 313 g/mol. The molecule has 0 heterocycles. The summed E-state index contributed by atoms with van der Waals surface area (Å²) in [4.78, 5) is 26.1. The minimum absolute atomic E-state index is 0.299. The van der Waals surface area contributed by atoms with E-state index in [2.05, 4.69) is 0 Å². The van der Waals surface area contributed by atoms with Crippen molar-refractivity contribution in [2.45, 2.75) is 6.10 Å². The molecule has 0 unspecified atom stereocenters. The van der Waals surface area contributed by atoms with E-state index in [9.17, 15) is 9.59 Å². The highest BCUT2D eigenvalue weighted by atomic mass is 16.5. The highest BCUT2D eigenvalue weighted by Gasteiger charge is 2.27. The zero-order chi connectivity index (χ0) is 16.8. The summed E-state index contributed by atoms with van der Waals surface area (Å²) in [5.41, 5.74) is 0.958. The Bertz CT molecular complexity index is 682. The van der Waals surface area contributed by atoms with E-state index < -0.39 is 12.1 Å². The molecule has 0 fully saturated rings. The summed E-state index contributed by atoms with van der Waals surface area (Å²) in [6.07, 6.45) is -0.982. The topological polar surface area (TPSA) is 55.8 Å². The average molecular weight is 313 g/mol. The molecule has 0 saturated heterocycles. The molecule has 0 aromatic heterocycles. The molecule has 0 radical (unpaired) electrons. The Balaban J connectivity index is 2.26. The molecular weight excluding hydrogens is 294 g/mol. The fraction of sp³-hybridized carbons (Fsp3) is 0.222. The van der Waals surface area contributed by atoms with Crippen LogP contribution in [-0.4, -0.2) is 38.0 Å². The highest BCUT2D eigenvalue weighted by Crippen LogP contribution is 2.22. The molecule has 0 aliphatic heterocycles. The first kappa shape index (κ1) is 16.5. The lowest BCUT2D eigenvalue weighted by Crippen LogP contribution is -2.31. The molecule has 0 N–H and O–H groups in total. The van der Waals surface area contributed by atoms with Crippen molar-refractivity contribution in [3.05, 3.63) is 65.7 Å². The zero-order valence-corrected chi connectivity index (χ0v) is 13.4. The Morgan fingerprint density at radius 1 is 1.00 bits per heavy atom. The maximum atomic E-state index is 12.4. The quantitative estimate of drug-likeness (QED) is 0.796. The molecule has 0 saturated carbocycles. The molecule has 2 rings (SSSR count). The van der Waals surface area contributed by atoms with Crippen molar-refractivity contribution in [1.29, 1.82) is 0 Å². The SMILES string of the molecule is COc1cccc(C(=O)O[C@@H](C(=O)N(C)C)c2ccccc2)c1. The van der Waals surface area contributed by atoms with Gasteiger partial charge in [0.2, 0.25) is 6.10 Å². The van der Waals surface area contributed by atoms with Crippen molar-refractivity contribution < 1.29 is 19.1 Å². The van der Waals surface area contributed by atoms with Gasteiger partial charge < -0.3 is 14.4 Å². The van der Waals surface area contributed by atoms with Gasteiger partial charge in [-0.05, 0) is 18.2 Å². The molecule has 0 aliphatic carbocycles. The second-order valence-electron chi connectivity index (χ2n) is 5.16. The van der Waals surface area contributed by atoms with Gasteiger partial charge in [-0.25, -0.2) is 4.79 Å². The normalized spacial score (nSPS) is 11.4. The van der Waals surface area contributed by atoms with Gasteiger partial charge in [0, 0.05) is 19.7 Å². The van der Waals surface area contributed by atoms with Gasteiger partial charge in [-0.2, -0.15) is 0 Å². The molecule has 5 nitrogen and oxygen atoms in total. The number of benzene rings is 2. The molecule has 1 amide bonds. The van der Waals surface area contributed by atoms with Crippen molar-refractivity contribution in [3.63, 3.8) is 0 Å². The van der Waals surface area contributed by atoms with Gasteiger partial charge in [0.1, 0.15) is 5.75 Å². The van der Waals surface area contributed by atoms with Crippen LogP contribution in [0.4, 0.5) is 0 Å². The minimum atomic E-state index is -0.982. The summed E-state index contributed by atoms with van der Waals surface area (Å²) in [6, 6.07) is 15.6. The van der Waals surface area contributed by atoms with Crippen molar-refractivity contribution in [3.8, 4) is 5.75 Å². The van der Waals surface area contributed by atoms with Crippen molar-refractivity contribution in [1.82, 2.24) is 4.90 Å². The Labute approximate surface area is 135 Å². The van der Waals surface area contributed by atoms with Crippen LogP contribution in [0, 0.1) is 0 Å². The van der Waals surface area contributed by atoms with E-state index in [4.69, 9.17) is 9.47 Å². The van der Waals surface area contributed by atoms with E-state index in [1.165, 1.54) is 12.0 Å². The number of amides is 1. The Morgan fingerprint density at radius 2 is 1.70 bits per heavy atom. The van der Waals surface area contributed by atoms with Crippen LogP contribution in [0.2, 0.25) is 0 Å². The van der Waals surface area contributed by atoms with E-state index in [0.29, 0.717) is 16.9 Å². The number of likely N-dealkylation sites (N-methyl/N-ethyl adjacent to an activating group) is 1. The summed E-state index contributed by atoms with van der Waals surface area (Å²) in [5.74, 6) is -0.324. The number of carbonyl (C=O) groups is 2. The fourth-order valence-corrected chi connectivity index (χ4v) is 2.05. The Morgan fingerprint density at radius 3 is 2.30 bits per heavy atom. The van der Waals surface area contributed by atoms with Crippen LogP contribution in [0.15, 0.2) is 54.6 Å². The van der Waals surface area contributed by atoms with E-state index >= 15 is 0 Å². The molecular formula is C18H19NO4. The molecule has 0 bridgehead atoms. The molecule has 5 heteroatoms. The van der Waals surface area contributed by atoms with Crippen LogP contribution in [0.25, 0.3) is 0 Å². The standard InChI is InChI=1S/C18H19NO4/c1-19(2)17(20)16(13-8-5-4-6-9-13)23-18(21)14-10-7-11-15(12-14)22-3/h4-12,16H,1-3H3/t16-/m1/s1. The van der Waals surface area contributed by atoms with E-state index in [0.717, 1.165) is 0 Å². The lowest BCUT2D eigenvalue weighted by molar-refractivity contribution is -0.138. The molecule has 120 valence electrons. The first-order chi connectivity index (χ1) is 11.0. The maximum Gasteiger partial charge on any atom is 0.339 e. The minimum Gasteiger partial charge on any atom is -0.497 e. The molecule has 0 spiro atoms. The fourth-order valence-electron chi connectivity index (χ4n) is 2.05. The summed E-state index contributed by atoms with van der Waals surface area (Å²) in [5, 5.41) is 0. The van der Waals surface area contributed by atoms with Crippen LogP contribution in [0.5, 0.6) is 5.75 Å². The maximum absolute atomic E-state index is 12.4. The number of hydrogen-bond acceptors (Lipinski definition) is 4. The number of esters is 1. The molecule has 1 atom stereocenters. The second kappa shape index (κ2) is 7.45. The van der Waals surface area contributed by atoms with E-state index in [1.54, 1.807) is 62.6 Å². The number of carbonyl (C=O) groups excluding carboxylic acids is 2. The van der Waals surface area contributed by atoms with Crippen molar-refractivity contribution in [2.24, 2.45) is 0 Å². The number of methoxy groups -OCH3 is 1. The van der Waals surface area contributed by atoms with Crippen LogP contribution in [0.1, 0.15) is 22.0 Å². The number of ether oxygens (including phenoxy) is 2. The number of hydrogen-bond donors (Lipinski definition) is 0. The van der Waals surface area contributed by atoms with E-state index in [1.807, 2.05) is 6.07 Å². The largest absolute Gasteiger partial charge is 0.497 e. The first-order valence-corrected chi connectivity index (χ1v) is 7.14. The van der Waals surface area contributed by atoms with Crippen molar-refractivity contribution in [2.75, 3.05) is 21.2 Å². The van der Waals surface area contributed by atoms with Crippen LogP contribution >= 0.6 is 0 Å². The predicted octanol–water partition coefficient (Wildman–Crippen LogP) is 2.68. The summed E-state index contributed by atoms with van der Waals surface area (Å²) < 4.78 is 10.6. The third kappa shape index (κ3) is 4.10. The average Bonchev–Trinajstić information content (AvgIpc) is 2.59. The zero-order valence-electron chi connectivity index (χ0n) is 13.4. The van der Waals surface area contributed by atoms with Crippen LogP contribution in [-0.2, 0) is 9.53 Å². The summed E-state index contributed by atoms with van der Waals surface area (Å²) in [6.45, 7) is 0. The predicted molar refractivity (Wildman–Crippen MR) is 86.3 cm³/mol. The molecule has 23 heavy (non-hydrogen) atoms. The van der Waals surface area contributed by atoms with Gasteiger partial charge in [0.05, 0.1) is 12.7 Å². The van der Waals surface area contributed by atoms with Crippen molar-refractivity contribution >= 4 is 11.9 Å². The van der Waals surface area contributed by atoms with Gasteiger partial charge >= 0.3 is 5.97 Å². The smallest absolute Gasteiger partial charge is 0.339 e. The van der Waals surface area contributed by atoms with Gasteiger partial charge in [-0.15, -0.1) is 0 Å². The lowest BCUT2D eigenvalue weighted by atomic mass is 10.1. The Kier molecular flexibility index (Phi) is 5.36. The molecule has 0 aliphatic rings. The summed E-state index contributed by atoms with van der Waals surface area (Å²) in [7, 11) is 4.77. The van der Waals surface area contributed by atoms with Gasteiger partial charge in [-0.1, -0.05) is 36.4 Å². The van der Waals surface area contributed by atoms with E-state index in [-0.39, 0.29) is 5.91 Å². The van der Waals surface area contributed by atoms with Gasteiger partial charge in [0.25, 0.3) is 5.91 Å².